The van der Waals surface area contributed by atoms with Gasteiger partial charge in [0.1, 0.15) is 5.82 Å². The minimum Gasteiger partial charge on any atom is -0.352 e. The summed E-state index contributed by atoms with van der Waals surface area (Å²) in [5.41, 5.74) is 0.960. The summed E-state index contributed by atoms with van der Waals surface area (Å²) in [6.07, 6.45) is 7.07. The van der Waals surface area contributed by atoms with Gasteiger partial charge in [-0.15, -0.1) is 0 Å². The van der Waals surface area contributed by atoms with E-state index >= 15 is 0 Å². The second kappa shape index (κ2) is 8.68. The molecule has 0 spiro atoms. The molecule has 3 heteroatoms. The Bertz CT molecular complexity index is 404. The second-order valence-corrected chi connectivity index (χ2v) is 5.01. The molecule has 0 atom stereocenters. The van der Waals surface area contributed by atoms with Gasteiger partial charge in [-0.25, -0.2) is 4.39 Å². The van der Waals surface area contributed by atoms with Crippen molar-refractivity contribution < 1.29 is 9.18 Å². The van der Waals surface area contributed by atoms with E-state index in [1.54, 1.807) is 19.1 Å². The lowest BCUT2D eigenvalue weighted by molar-refractivity contribution is 0.0949. The fraction of sp³-hybridized carbons (Fsp3) is 0.562. The molecule has 1 amide bonds. The number of carbonyl (C=O) groups is 1. The maximum atomic E-state index is 13.6. The van der Waals surface area contributed by atoms with Gasteiger partial charge in [-0.05, 0) is 31.0 Å². The van der Waals surface area contributed by atoms with E-state index in [0.29, 0.717) is 6.54 Å². The monoisotopic (exact) mass is 265 g/mol. The zero-order valence-electron chi connectivity index (χ0n) is 12.0. The standard InChI is InChI=1S/C16H24FNO/c1-3-4-5-6-7-8-11-18-16(19)14-10-9-13(2)12-15(14)17/h9-10,12H,3-8,11H2,1-2H3,(H,18,19). The highest BCUT2D eigenvalue weighted by Gasteiger charge is 2.10. The van der Waals surface area contributed by atoms with Crippen LogP contribution in [0.1, 0.15) is 61.4 Å². The molecule has 0 unspecified atom stereocenters. The third-order valence-electron chi connectivity index (χ3n) is 3.19. The van der Waals surface area contributed by atoms with Crippen LogP contribution in [0.5, 0.6) is 0 Å². The number of benzene rings is 1. The molecule has 19 heavy (non-hydrogen) atoms. The van der Waals surface area contributed by atoms with Crippen LogP contribution in [0.25, 0.3) is 0 Å². The summed E-state index contributed by atoms with van der Waals surface area (Å²) in [5, 5.41) is 2.77. The molecule has 0 aromatic heterocycles. The Balaban J connectivity index is 2.24. The van der Waals surface area contributed by atoms with Crippen molar-refractivity contribution in [3.8, 4) is 0 Å². The number of aryl methyl sites for hydroxylation is 1. The fourth-order valence-electron chi connectivity index (χ4n) is 2.01. The maximum absolute atomic E-state index is 13.6. The van der Waals surface area contributed by atoms with Gasteiger partial charge in [-0.1, -0.05) is 45.1 Å². The molecule has 0 radical (unpaired) electrons. The number of nitrogens with one attached hydrogen (secondary N) is 1. The van der Waals surface area contributed by atoms with Crippen molar-refractivity contribution in [2.75, 3.05) is 6.54 Å². The summed E-state index contributed by atoms with van der Waals surface area (Å²) in [6, 6.07) is 4.68. The van der Waals surface area contributed by atoms with Gasteiger partial charge >= 0.3 is 0 Å². The third kappa shape index (κ3) is 5.86. The van der Waals surface area contributed by atoms with Gasteiger partial charge in [0.15, 0.2) is 0 Å². The Hall–Kier alpha value is -1.38. The fourth-order valence-corrected chi connectivity index (χ4v) is 2.01. The zero-order valence-corrected chi connectivity index (χ0v) is 12.0. The molecular weight excluding hydrogens is 241 g/mol. The Morgan fingerprint density at radius 2 is 1.84 bits per heavy atom. The van der Waals surface area contributed by atoms with Crippen LogP contribution in [0, 0.1) is 12.7 Å². The van der Waals surface area contributed by atoms with Crippen LogP contribution < -0.4 is 5.32 Å². The minimum atomic E-state index is -0.444. The van der Waals surface area contributed by atoms with Crippen LogP contribution >= 0.6 is 0 Å². The highest BCUT2D eigenvalue weighted by molar-refractivity contribution is 5.94. The van der Waals surface area contributed by atoms with E-state index in [2.05, 4.69) is 12.2 Å². The molecule has 1 aromatic rings. The SMILES string of the molecule is CCCCCCCCNC(=O)c1ccc(C)cc1F. The quantitative estimate of drug-likeness (QED) is 0.700. The third-order valence-corrected chi connectivity index (χ3v) is 3.19. The molecule has 0 aliphatic heterocycles. The lowest BCUT2D eigenvalue weighted by Gasteiger charge is -2.06. The van der Waals surface area contributed by atoms with E-state index in [1.165, 1.54) is 31.7 Å². The predicted octanol–water partition coefficient (Wildman–Crippen LogP) is 4.22. The first-order chi connectivity index (χ1) is 9.15. The van der Waals surface area contributed by atoms with Crippen LogP contribution in [-0.4, -0.2) is 12.5 Å². The topological polar surface area (TPSA) is 29.1 Å². The largest absolute Gasteiger partial charge is 0.352 e. The lowest BCUT2D eigenvalue weighted by atomic mass is 10.1. The summed E-state index contributed by atoms with van der Waals surface area (Å²) >= 11 is 0. The van der Waals surface area contributed by atoms with Crippen LogP contribution in [0.15, 0.2) is 18.2 Å². The van der Waals surface area contributed by atoms with Crippen molar-refractivity contribution in [3.63, 3.8) is 0 Å². The second-order valence-electron chi connectivity index (χ2n) is 5.01. The number of amides is 1. The molecule has 106 valence electrons. The first-order valence-electron chi connectivity index (χ1n) is 7.19. The van der Waals surface area contributed by atoms with Gasteiger partial charge < -0.3 is 5.32 Å². The average Bonchev–Trinajstić information content (AvgIpc) is 2.37. The summed E-state index contributed by atoms with van der Waals surface area (Å²) in [4.78, 5) is 11.8. The van der Waals surface area contributed by atoms with Gasteiger partial charge in [0, 0.05) is 6.54 Å². The molecule has 0 saturated carbocycles. The predicted molar refractivity (Wildman–Crippen MR) is 76.8 cm³/mol. The number of halogens is 1. The molecule has 2 nitrogen and oxygen atoms in total. The van der Waals surface area contributed by atoms with Crippen LogP contribution in [0.2, 0.25) is 0 Å². The summed E-state index contributed by atoms with van der Waals surface area (Å²) in [6.45, 7) is 4.62. The first-order valence-corrected chi connectivity index (χ1v) is 7.19. The molecule has 0 bridgehead atoms. The van der Waals surface area contributed by atoms with Crippen molar-refractivity contribution in [3.05, 3.63) is 35.1 Å². The van der Waals surface area contributed by atoms with E-state index in [-0.39, 0.29) is 11.5 Å². The number of rotatable bonds is 8. The van der Waals surface area contributed by atoms with Crippen LogP contribution in [0.4, 0.5) is 4.39 Å². The van der Waals surface area contributed by atoms with Gasteiger partial charge in [0.2, 0.25) is 0 Å². The van der Waals surface area contributed by atoms with E-state index in [1.807, 2.05) is 0 Å². The summed E-state index contributed by atoms with van der Waals surface area (Å²) in [7, 11) is 0. The Morgan fingerprint density at radius 3 is 2.53 bits per heavy atom. The Morgan fingerprint density at radius 1 is 1.16 bits per heavy atom. The van der Waals surface area contributed by atoms with Crippen molar-refractivity contribution in [1.82, 2.24) is 5.32 Å². The van der Waals surface area contributed by atoms with Crippen LogP contribution in [0.3, 0.4) is 0 Å². The molecule has 0 saturated heterocycles. The maximum Gasteiger partial charge on any atom is 0.254 e. The lowest BCUT2D eigenvalue weighted by Crippen LogP contribution is -2.25. The normalized spacial score (nSPS) is 10.5. The molecule has 1 N–H and O–H groups in total. The first kappa shape index (κ1) is 15.7. The number of carbonyl (C=O) groups excluding carboxylic acids is 1. The van der Waals surface area contributed by atoms with Crippen molar-refractivity contribution in [1.29, 1.82) is 0 Å². The van der Waals surface area contributed by atoms with E-state index in [9.17, 15) is 9.18 Å². The van der Waals surface area contributed by atoms with Gasteiger partial charge in [0.25, 0.3) is 5.91 Å². The van der Waals surface area contributed by atoms with Crippen molar-refractivity contribution in [2.24, 2.45) is 0 Å². The van der Waals surface area contributed by atoms with Crippen molar-refractivity contribution in [2.45, 2.75) is 52.4 Å². The van der Waals surface area contributed by atoms with E-state index in [0.717, 1.165) is 18.4 Å². The van der Waals surface area contributed by atoms with Crippen molar-refractivity contribution >= 4 is 5.91 Å². The smallest absolute Gasteiger partial charge is 0.254 e. The number of hydrogen-bond acceptors (Lipinski definition) is 1. The highest BCUT2D eigenvalue weighted by Crippen LogP contribution is 2.10. The average molecular weight is 265 g/mol. The van der Waals surface area contributed by atoms with Gasteiger partial charge in [-0.3, -0.25) is 4.79 Å². The van der Waals surface area contributed by atoms with E-state index in [4.69, 9.17) is 0 Å². The Kier molecular flexibility index (Phi) is 7.16. The highest BCUT2D eigenvalue weighted by atomic mass is 19.1. The minimum absolute atomic E-state index is 0.136. The van der Waals surface area contributed by atoms with E-state index < -0.39 is 5.82 Å². The zero-order chi connectivity index (χ0) is 14.1. The summed E-state index contributed by atoms with van der Waals surface area (Å²) < 4.78 is 13.6. The van der Waals surface area contributed by atoms with Gasteiger partial charge in [0.05, 0.1) is 5.56 Å². The molecule has 0 heterocycles. The van der Waals surface area contributed by atoms with Gasteiger partial charge in [-0.2, -0.15) is 0 Å². The van der Waals surface area contributed by atoms with Crippen LogP contribution in [-0.2, 0) is 0 Å². The molecular formula is C16H24FNO. The molecule has 1 aromatic carbocycles. The number of hydrogen-bond donors (Lipinski definition) is 1. The molecule has 0 aliphatic carbocycles. The number of unbranched alkanes of at least 4 members (excludes halogenated alkanes) is 5. The Labute approximate surface area is 115 Å². The molecule has 0 fully saturated rings. The summed E-state index contributed by atoms with van der Waals surface area (Å²) in [5.74, 6) is -0.758. The molecule has 0 aliphatic rings. The molecule has 1 rings (SSSR count).